The zero-order valence-electron chi connectivity index (χ0n) is 18.2. The van der Waals surface area contributed by atoms with Crippen LogP contribution < -0.4 is 5.32 Å². The van der Waals surface area contributed by atoms with E-state index in [0.29, 0.717) is 11.4 Å². The van der Waals surface area contributed by atoms with Crippen molar-refractivity contribution >= 4 is 18.0 Å². The summed E-state index contributed by atoms with van der Waals surface area (Å²) < 4.78 is 20.6. The second-order valence-electron chi connectivity index (χ2n) is 7.03. The van der Waals surface area contributed by atoms with Gasteiger partial charge in [-0.05, 0) is 19.4 Å². The maximum absolute atomic E-state index is 12.5. The summed E-state index contributed by atoms with van der Waals surface area (Å²) in [6.45, 7) is 3.21. The number of benzene rings is 2. The number of dihydropyridines is 1. The van der Waals surface area contributed by atoms with E-state index in [1.165, 1.54) is 18.2 Å². The predicted octanol–water partition coefficient (Wildman–Crippen LogP) is 4.88. The highest BCUT2D eigenvalue weighted by molar-refractivity contribution is 5.66. The lowest BCUT2D eigenvalue weighted by molar-refractivity contribution is -0.385. The molecule has 0 radical (unpaired) electrons. The van der Waals surface area contributed by atoms with Crippen LogP contribution in [-0.4, -0.2) is 24.3 Å². The number of hydrogen-bond acceptors (Lipinski definition) is 9. The third-order valence-electron chi connectivity index (χ3n) is 4.84. The Hall–Kier alpha value is -4.34. The Labute approximate surface area is 189 Å². The number of carbonyl (C=O) groups is 2. The molecular formula is C23H22N2O8. The molecule has 0 saturated carbocycles. The van der Waals surface area contributed by atoms with E-state index in [1.54, 1.807) is 44.2 Å². The molecule has 1 heterocycles. The summed E-state index contributed by atoms with van der Waals surface area (Å²) in [7, 11) is 1.13. The number of hydrogen-bond donors (Lipinski definition) is 1. The largest absolute Gasteiger partial charge is 0.513 e. The molecule has 1 atom stereocenters. The number of methoxy groups -OCH3 is 1. The van der Waals surface area contributed by atoms with Crippen LogP contribution in [0.5, 0.6) is 0 Å². The molecular weight excluding hydrogens is 432 g/mol. The van der Waals surface area contributed by atoms with Crippen LogP contribution in [0.2, 0.25) is 0 Å². The molecule has 1 N–H and O–H groups in total. The minimum Gasteiger partial charge on any atom is -0.437 e. The van der Waals surface area contributed by atoms with Gasteiger partial charge in [0.15, 0.2) is 0 Å². The second kappa shape index (κ2) is 10.3. The van der Waals surface area contributed by atoms with Gasteiger partial charge in [-0.15, -0.1) is 0 Å². The molecule has 1 aliphatic rings. The van der Waals surface area contributed by atoms with E-state index in [9.17, 15) is 19.7 Å². The van der Waals surface area contributed by atoms with Crippen LogP contribution in [0, 0.1) is 10.1 Å². The topological polar surface area (TPSA) is 126 Å². The Bertz CT molecular complexity index is 1120. The van der Waals surface area contributed by atoms with Gasteiger partial charge >= 0.3 is 12.3 Å². The normalized spacial score (nSPS) is 15.4. The van der Waals surface area contributed by atoms with E-state index in [0.717, 1.165) is 12.7 Å². The molecule has 172 valence electrons. The fraction of sp³-hybridized carbons (Fsp3) is 0.217. The van der Waals surface area contributed by atoms with Crippen LogP contribution in [0.15, 0.2) is 77.5 Å². The van der Waals surface area contributed by atoms with Crippen molar-refractivity contribution in [1.82, 2.24) is 5.32 Å². The van der Waals surface area contributed by atoms with E-state index in [1.807, 2.05) is 6.07 Å². The first-order valence-electron chi connectivity index (χ1n) is 9.88. The molecule has 2 aromatic carbocycles. The number of para-hydroxylation sites is 1. The number of carbonyl (C=O) groups excluding carboxylic acids is 2. The Morgan fingerprint density at radius 1 is 0.939 bits per heavy atom. The molecule has 2 aromatic rings. The van der Waals surface area contributed by atoms with Crippen molar-refractivity contribution in [2.75, 3.05) is 7.11 Å². The summed E-state index contributed by atoms with van der Waals surface area (Å²) in [6.07, 6.45) is -2.05. The molecule has 0 saturated heterocycles. The van der Waals surface area contributed by atoms with Gasteiger partial charge in [-0.1, -0.05) is 48.5 Å². The summed E-state index contributed by atoms with van der Waals surface area (Å²) in [4.78, 5) is 35.5. The van der Waals surface area contributed by atoms with Gasteiger partial charge in [0, 0.05) is 11.6 Å². The van der Waals surface area contributed by atoms with Crippen molar-refractivity contribution in [2.24, 2.45) is 0 Å². The van der Waals surface area contributed by atoms with Gasteiger partial charge in [-0.3, -0.25) is 10.1 Å². The Balaban J connectivity index is 1.97. The van der Waals surface area contributed by atoms with Gasteiger partial charge in [0.2, 0.25) is 0 Å². The third kappa shape index (κ3) is 5.48. The van der Waals surface area contributed by atoms with E-state index < -0.39 is 23.2 Å². The molecule has 1 unspecified atom stereocenters. The quantitative estimate of drug-likeness (QED) is 0.369. The molecule has 1 aliphatic heterocycles. The van der Waals surface area contributed by atoms with Crippen molar-refractivity contribution in [2.45, 2.75) is 26.4 Å². The van der Waals surface area contributed by atoms with Crippen molar-refractivity contribution in [3.05, 3.63) is 98.8 Å². The average Bonchev–Trinajstić information content (AvgIpc) is 2.81. The van der Waals surface area contributed by atoms with Gasteiger partial charge in [-0.2, -0.15) is 0 Å². The minimum atomic E-state index is -1.09. The second-order valence-corrected chi connectivity index (χ2v) is 7.03. The highest BCUT2D eigenvalue weighted by Gasteiger charge is 2.38. The van der Waals surface area contributed by atoms with Gasteiger partial charge in [0.1, 0.15) is 24.0 Å². The first-order valence-corrected chi connectivity index (χ1v) is 9.88. The van der Waals surface area contributed by atoms with Gasteiger partial charge in [0.25, 0.3) is 5.69 Å². The predicted molar refractivity (Wildman–Crippen MR) is 116 cm³/mol. The average molecular weight is 454 g/mol. The van der Waals surface area contributed by atoms with Gasteiger partial charge in [0.05, 0.1) is 23.4 Å². The summed E-state index contributed by atoms with van der Waals surface area (Å²) in [5.74, 6) is -1.10. The van der Waals surface area contributed by atoms with Crippen molar-refractivity contribution in [3.8, 4) is 0 Å². The Morgan fingerprint density at radius 3 is 2.12 bits per heavy atom. The van der Waals surface area contributed by atoms with E-state index >= 15 is 0 Å². The number of nitro benzene ring substituents is 1. The molecule has 0 fully saturated rings. The smallest absolute Gasteiger partial charge is 0.437 e. The molecule has 0 bridgehead atoms. The fourth-order valence-electron chi connectivity index (χ4n) is 3.38. The standard InChI is InChI=1S/C23H22N2O8/c1-14-20(32-22(26)30-3)19(17-11-7-8-12-18(17)25(28)29)21(15(2)24-14)33-23(27)31-13-16-9-5-4-6-10-16/h4-12,19,24H,13H2,1-3H3. The lowest BCUT2D eigenvalue weighted by Gasteiger charge is -2.29. The Morgan fingerprint density at radius 2 is 1.52 bits per heavy atom. The van der Waals surface area contributed by atoms with Crippen LogP contribution in [0.4, 0.5) is 15.3 Å². The van der Waals surface area contributed by atoms with Crippen LogP contribution >= 0.6 is 0 Å². The van der Waals surface area contributed by atoms with E-state index in [4.69, 9.17) is 14.2 Å². The van der Waals surface area contributed by atoms with Crippen LogP contribution in [-0.2, 0) is 25.6 Å². The van der Waals surface area contributed by atoms with Gasteiger partial charge in [-0.25, -0.2) is 9.59 Å². The van der Waals surface area contributed by atoms with Crippen molar-refractivity contribution < 1.29 is 33.5 Å². The number of ether oxygens (including phenoxy) is 4. The minimum absolute atomic E-state index is 0.00684. The highest BCUT2D eigenvalue weighted by atomic mass is 16.7. The molecule has 10 heteroatoms. The van der Waals surface area contributed by atoms with Gasteiger partial charge < -0.3 is 24.3 Å². The summed E-state index contributed by atoms with van der Waals surface area (Å²) in [5, 5.41) is 14.7. The molecule has 33 heavy (non-hydrogen) atoms. The lowest BCUT2D eigenvalue weighted by Crippen LogP contribution is -2.29. The molecule has 3 rings (SSSR count). The third-order valence-corrected chi connectivity index (χ3v) is 4.84. The van der Waals surface area contributed by atoms with Crippen molar-refractivity contribution in [1.29, 1.82) is 0 Å². The van der Waals surface area contributed by atoms with Crippen LogP contribution in [0.1, 0.15) is 30.9 Å². The van der Waals surface area contributed by atoms with E-state index in [-0.39, 0.29) is 29.4 Å². The molecule has 0 amide bonds. The first kappa shape index (κ1) is 23.3. The number of nitrogens with zero attached hydrogens (tertiary/aromatic N) is 1. The maximum Gasteiger partial charge on any atom is 0.513 e. The summed E-state index contributed by atoms with van der Waals surface area (Å²) >= 11 is 0. The number of allylic oxidation sites excluding steroid dienone is 2. The molecule has 10 nitrogen and oxygen atoms in total. The molecule has 0 aromatic heterocycles. The first-order chi connectivity index (χ1) is 15.8. The number of nitrogens with one attached hydrogen (secondary N) is 1. The number of rotatable bonds is 6. The summed E-state index contributed by atoms with van der Waals surface area (Å²) in [6, 6.07) is 14.9. The van der Waals surface area contributed by atoms with E-state index in [2.05, 4.69) is 10.1 Å². The zero-order chi connectivity index (χ0) is 24.0. The zero-order valence-corrected chi connectivity index (χ0v) is 18.2. The molecule has 0 aliphatic carbocycles. The lowest BCUT2D eigenvalue weighted by atomic mass is 9.89. The fourth-order valence-corrected chi connectivity index (χ4v) is 3.38. The summed E-state index contributed by atoms with van der Waals surface area (Å²) in [5.41, 5.74) is 1.46. The van der Waals surface area contributed by atoms with Crippen LogP contribution in [0.25, 0.3) is 0 Å². The highest BCUT2D eigenvalue weighted by Crippen LogP contribution is 2.42. The molecule has 0 spiro atoms. The number of nitro groups is 1. The van der Waals surface area contributed by atoms with Crippen molar-refractivity contribution in [3.63, 3.8) is 0 Å². The monoisotopic (exact) mass is 454 g/mol. The maximum atomic E-state index is 12.5. The SMILES string of the molecule is COC(=O)OC1=C(C)NC(C)=C(OC(=O)OCc2ccccc2)C1c1ccccc1[N+](=O)[O-]. The Kier molecular flexibility index (Phi) is 7.29. The van der Waals surface area contributed by atoms with Crippen LogP contribution in [0.3, 0.4) is 0 Å².